The lowest BCUT2D eigenvalue weighted by Gasteiger charge is -2.35. The molecule has 29 heavy (non-hydrogen) atoms. The summed E-state index contributed by atoms with van der Waals surface area (Å²) in [7, 11) is 6.65. The van der Waals surface area contributed by atoms with E-state index < -0.39 is 0 Å². The van der Waals surface area contributed by atoms with Gasteiger partial charge in [0.05, 0.1) is 28.4 Å². The molecule has 1 fully saturated rings. The van der Waals surface area contributed by atoms with Crippen molar-refractivity contribution in [3.8, 4) is 23.0 Å². The summed E-state index contributed by atoms with van der Waals surface area (Å²) in [6, 6.07) is 10.2. The highest BCUT2D eigenvalue weighted by Crippen LogP contribution is 2.38. The lowest BCUT2D eigenvalue weighted by molar-refractivity contribution is 0.121. The molecule has 1 aliphatic heterocycles. The maximum atomic E-state index is 5.51. The van der Waals surface area contributed by atoms with Gasteiger partial charge in [-0.25, -0.2) is 0 Å². The van der Waals surface area contributed by atoms with Crippen LogP contribution in [0.2, 0.25) is 0 Å². The summed E-state index contributed by atoms with van der Waals surface area (Å²) in [4.78, 5) is 4.92. The van der Waals surface area contributed by atoms with Crippen LogP contribution in [0.3, 0.4) is 0 Å². The monoisotopic (exact) mass is 464 g/mol. The molecule has 0 bridgehead atoms. The lowest BCUT2D eigenvalue weighted by Crippen LogP contribution is -2.45. The van der Waals surface area contributed by atoms with Gasteiger partial charge in [-0.05, 0) is 35.9 Å². The molecule has 0 N–H and O–H groups in total. The van der Waals surface area contributed by atoms with E-state index in [9.17, 15) is 0 Å². The molecule has 1 aliphatic rings. The summed E-state index contributed by atoms with van der Waals surface area (Å²) in [6.45, 7) is 5.78. The zero-order valence-electron chi connectivity index (χ0n) is 17.5. The third-order valence-corrected chi connectivity index (χ3v) is 5.73. The Balaban J connectivity index is 1.61. The molecule has 2 aromatic carbocycles. The second kappa shape index (κ2) is 10.2. The molecule has 0 radical (unpaired) electrons. The smallest absolute Gasteiger partial charge is 0.203 e. The molecule has 0 atom stereocenters. The number of rotatable bonds is 8. The third kappa shape index (κ3) is 5.35. The fourth-order valence-electron chi connectivity index (χ4n) is 3.70. The molecule has 0 aliphatic carbocycles. The molecule has 3 rings (SSSR count). The number of methoxy groups -OCH3 is 4. The Morgan fingerprint density at radius 2 is 1.28 bits per heavy atom. The fourth-order valence-corrected chi connectivity index (χ4v) is 4.11. The van der Waals surface area contributed by atoms with Crippen LogP contribution in [-0.4, -0.2) is 64.4 Å². The van der Waals surface area contributed by atoms with E-state index in [4.69, 9.17) is 18.9 Å². The standard InChI is InChI=1S/C22H29BrN2O4/c1-26-19-6-5-18(23)13-17(19)15-25-9-7-24(8-10-25)14-16-11-20(27-2)22(29-4)21(12-16)28-3/h5-6,11-13H,7-10,14-15H2,1-4H3. The molecule has 7 heteroatoms. The summed E-state index contributed by atoms with van der Waals surface area (Å²) in [5.74, 6) is 2.96. The van der Waals surface area contributed by atoms with E-state index in [0.717, 1.165) is 55.1 Å². The topological polar surface area (TPSA) is 43.4 Å². The Labute approximate surface area is 181 Å². The van der Waals surface area contributed by atoms with Gasteiger partial charge in [-0.15, -0.1) is 0 Å². The highest BCUT2D eigenvalue weighted by Gasteiger charge is 2.20. The summed E-state index contributed by atoms with van der Waals surface area (Å²) in [5.41, 5.74) is 2.36. The second-order valence-corrected chi connectivity index (χ2v) is 7.96. The van der Waals surface area contributed by atoms with Gasteiger partial charge in [-0.3, -0.25) is 9.80 Å². The van der Waals surface area contributed by atoms with Crippen LogP contribution < -0.4 is 18.9 Å². The van der Waals surface area contributed by atoms with Crippen molar-refractivity contribution in [1.29, 1.82) is 0 Å². The van der Waals surface area contributed by atoms with Crippen molar-refractivity contribution in [2.45, 2.75) is 13.1 Å². The van der Waals surface area contributed by atoms with Crippen LogP contribution in [0.5, 0.6) is 23.0 Å². The SMILES string of the molecule is COc1ccc(Br)cc1CN1CCN(Cc2cc(OC)c(OC)c(OC)c2)CC1. The van der Waals surface area contributed by atoms with Crippen LogP contribution in [0.4, 0.5) is 0 Å². The Bertz CT molecular complexity index is 797. The van der Waals surface area contributed by atoms with E-state index in [0.29, 0.717) is 17.2 Å². The average Bonchev–Trinajstić information content (AvgIpc) is 2.74. The first-order chi connectivity index (χ1) is 14.1. The van der Waals surface area contributed by atoms with E-state index in [1.807, 2.05) is 24.3 Å². The Morgan fingerprint density at radius 3 is 1.79 bits per heavy atom. The number of benzene rings is 2. The summed E-state index contributed by atoms with van der Waals surface area (Å²) < 4.78 is 23.0. The third-order valence-electron chi connectivity index (χ3n) is 5.23. The summed E-state index contributed by atoms with van der Waals surface area (Å²) in [5, 5.41) is 0. The van der Waals surface area contributed by atoms with E-state index in [1.165, 1.54) is 5.56 Å². The predicted octanol–water partition coefficient (Wildman–Crippen LogP) is 3.80. The minimum absolute atomic E-state index is 0.631. The Kier molecular flexibility index (Phi) is 7.64. The van der Waals surface area contributed by atoms with Crippen molar-refractivity contribution in [1.82, 2.24) is 9.80 Å². The first-order valence-electron chi connectivity index (χ1n) is 9.64. The normalized spacial score (nSPS) is 15.2. The van der Waals surface area contributed by atoms with E-state index >= 15 is 0 Å². The zero-order valence-corrected chi connectivity index (χ0v) is 19.1. The van der Waals surface area contributed by atoms with Crippen LogP contribution >= 0.6 is 15.9 Å². The van der Waals surface area contributed by atoms with Crippen molar-refractivity contribution in [3.63, 3.8) is 0 Å². The maximum Gasteiger partial charge on any atom is 0.203 e. The fraction of sp³-hybridized carbons (Fsp3) is 0.455. The highest BCUT2D eigenvalue weighted by molar-refractivity contribution is 9.10. The molecule has 1 heterocycles. The van der Waals surface area contributed by atoms with Gasteiger partial charge in [0.25, 0.3) is 0 Å². The molecule has 0 aromatic heterocycles. The lowest BCUT2D eigenvalue weighted by atomic mass is 10.1. The average molecular weight is 465 g/mol. The molecule has 0 amide bonds. The van der Waals surface area contributed by atoms with Gasteiger partial charge in [0.2, 0.25) is 5.75 Å². The van der Waals surface area contributed by atoms with Crippen molar-refractivity contribution >= 4 is 15.9 Å². The van der Waals surface area contributed by atoms with E-state index in [2.05, 4.69) is 31.8 Å². The van der Waals surface area contributed by atoms with Crippen LogP contribution in [0.1, 0.15) is 11.1 Å². The highest BCUT2D eigenvalue weighted by atomic mass is 79.9. The predicted molar refractivity (Wildman–Crippen MR) is 117 cm³/mol. The molecule has 1 saturated heterocycles. The van der Waals surface area contributed by atoms with Crippen molar-refractivity contribution < 1.29 is 18.9 Å². The molecule has 158 valence electrons. The van der Waals surface area contributed by atoms with Crippen molar-refractivity contribution in [2.24, 2.45) is 0 Å². The van der Waals surface area contributed by atoms with Crippen molar-refractivity contribution in [3.05, 3.63) is 45.9 Å². The summed E-state index contributed by atoms with van der Waals surface area (Å²) >= 11 is 3.56. The number of hydrogen-bond donors (Lipinski definition) is 0. The minimum atomic E-state index is 0.631. The number of hydrogen-bond acceptors (Lipinski definition) is 6. The number of nitrogens with zero attached hydrogens (tertiary/aromatic N) is 2. The van der Waals surface area contributed by atoms with Crippen LogP contribution in [0.15, 0.2) is 34.8 Å². The summed E-state index contributed by atoms with van der Waals surface area (Å²) in [6.07, 6.45) is 0. The van der Waals surface area contributed by atoms with Crippen LogP contribution in [-0.2, 0) is 13.1 Å². The second-order valence-electron chi connectivity index (χ2n) is 7.04. The van der Waals surface area contributed by atoms with Crippen molar-refractivity contribution in [2.75, 3.05) is 54.6 Å². The van der Waals surface area contributed by atoms with E-state index in [-0.39, 0.29) is 0 Å². The number of piperazine rings is 1. The first-order valence-corrected chi connectivity index (χ1v) is 10.4. The molecular formula is C22H29BrN2O4. The van der Waals surface area contributed by atoms with Gasteiger partial charge in [-0.1, -0.05) is 15.9 Å². The Hall–Kier alpha value is -1.96. The zero-order chi connectivity index (χ0) is 20.8. The number of halogens is 1. The van der Waals surface area contributed by atoms with Gasteiger partial charge in [-0.2, -0.15) is 0 Å². The quantitative estimate of drug-likeness (QED) is 0.591. The largest absolute Gasteiger partial charge is 0.496 e. The molecule has 6 nitrogen and oxygen atoms in total. The molecule has 0 spiro atoms. The van der Waals surface area contributed by atoms with E-state index in [1.54, 1.807) is 28.4 Å². The molecule has 0 saturated carbocycles. The first kappa shape index (κ1) is 21.7. The van der Waals surface area contributed by atoms with Gasteiger partial charge in [0.1, 0.15) is 5.75 Å². The van der Waals surface area contributed by atoms with Crippen LogP contribution in [0.25, 0.3) is 0 Å². The van der Waals surface area contributed by atoms with Gasteiger partial charge < -0.3 is 18.9 Å². The molecule has 2 aromatic rings. The van der Waals surface area contributed by atoms with Crippen LogP contribution in [0, 0.1) is 0 Å². The van der Waals surface area contributed by atoms with Gasteiger partial charge in [0.15, 0.2) is 11.5 Å². The minimum Gasteiger partial charge on any atom is -0.496 e. The molecule has 0 unspecified atom stereocenters. The maximum absolute atomic E-state index is 5.51. The Morgan fingerprint density at radius 1 is 0.724 bits per heavy atom. The van der Waals surface area contributed by atoms with Gasteiger partial charge >= 0.3 is 0 Å². The molecular weight excluding hydrogens is 436 g/mol. The number of ether oxygens (including phenoxy) is 4. The van der Waals surface area contributed by atoms with Gasteiger partial charge in [0, 0.05) is 49.3 Å².